The van der Waals surface area contributed by atoms with E-state index < -0.39 is 5.60 Å². The quantitative estimate of drug-likeness (QED) is 0.777. The summed E-state index contributed by atoms with van der Waals surface area (Å²) in [6, 6.07) is 0.268. The van der Waals surface area contributed by atoms with Crippen molar-refractivity contribution in [1.82, 2.24) is 20.2 Å². The molecule has 0 aliphatic rings. The first kappa shape index (κ1) is 12.4. The van der Waals surface area contributed by atoms with Crippen LogP contribution in [0.5, 0.6) is 0 Å². The Bertz CT molecular complexity index is 305. The summed E-state index contributed by atoms with van der Waals surface area (Å²) in [5.41, 5.74) is -0.622. The Kier molecular flexibility index (Phi) is 4.10. The van der Waals surface area contributed by atoms with Gasteiger partial charge in [0.05, 0.1) is 11.6 Å². The van der Waals surface area contributed by atoms with Crippen LogP contribution in [0.4, 0.5) is 0 Å². The van der Waals surface area contributed by atoms with Gasteiger partial charge in [-0.2, -0.15) is 0 Å². The molecule has 0 fully saturated rings. The predicted octanol–water partition coefficient (Wildman–Crippen LogP) is 1.51. The summed E-state index contributed by atoms with van der Waals surface area (Å²) in [5.74, 6) is 0.816. The zero-order chi connectivity index (χ0) is 11.5. The molecule has 0 radical (unpaired) electrons. The molecule has 6 heteroatoms. The Morgan fingerprint density at radius 1 is 1.47 bits per heavy atom. The molecule has 15 heavy (non-hydrogen) atoms. The zero-order valence-corrected chi connectivity index (χ0v) is 10.5. The van der Waals surface area contributed by atoms with E-state index in [0.717, 1.165) is 17.3 Å². The van der Waals surface area contributed by atoms with E-state index in [1.54, 1.807) is 30.3 Å². The molecular weight excluding hydrogens is 212 g/mol. The summed E-state index contributed by atoms with van der Waals surface area (Å²) in [6.45, 7) is 7.69. The maximum Gasteiger partial charge on any atom is 0.209 e. The van der Waals surface area contributed by atoms with Crippen LogP contribution in [0.3, 0.4) is 0 Å². The van der Waals surface area contributed by atoms with Gasteiger partial charge in [0.1, 0.15) is 0 Å². The summed E-state index contributed by atoms with van der Waals surface area (Å²) in [4.78, 5) is 0. The first-order valence-electron chi connectivity index (χ1n) is 5.03. The third-order valence-corrected chi connectivity index (χ3v) is 2.83. The minimum absolute atomic E-state index is 0.268. The molecule has 1 N–H and O–H groups in total. The summed E-state index contributed by atoms with van der Waals surface area (Å²) in [6.07, 6.45) is 0.725. The van der Waals surface area contributed by atoms with E-state index >= 15 is 0 Å². The van der Waals surface area contributed by atoms with Crippen LogP contribution in [-0.2, 0) is 0 Å². The van der Waals surface area contributed by atoms with Gasteiger partial charge in [-0.15, -0.1) is 5.10 Å². The molecule has 0 aromatic carbocycles. The van der Waals surface area contributed by atoms with E-state index in [9.17, 15) is 5.11 Å². The van der Waals surface area contributed by atoms with Gasteiger partial charge in [0.25, 0.3) is 0 Å². The number of nitrogens with zero attached hydrogens (tertiary/aromatic N) is 4. The van der Waals surface area contributed by atoms with Crippen molar-refractivity contribution in [2.24, 2.45) is 0 Å². The minimum Gasteiger partial charge on any atom is -0.390 e. The van der Waals surface area contributed by atoms with Crippen LogP contribution in [0.15, 0.2) is 5.16 Å². The summed E-state index contributed by atoms with van der Waals surface area (Å²) < 4.78 is 1.79. The minimum atomic E-state index is -0.622. The van der Waals surface area contributed by atoms with Gasteiger partial charge >= 0.3 is 0 Å². The lowest BCUT2D eigenvalue weighted by Crippen LogP contribution is -2.19. The van der Waals surface area contributed by atoms with Gasteiger partial charge in [0.15, 0.2) is 0 Å². The van der Waals surface area contributed by atoms with E-state index in [1.807, 2.05) is 13.8 Å². The number of hydrogen-bond donors (Lipinski definition) is 1. The molecule has 1 aromatic rings. The Morgan fingerprint density at radius 3 is 2.67 bits per heavy atom. The number of tetrazole rings is 1. The van der Waals surface area contributed by atoms with Crippen molar-refractivity contribution >= 4 is 11.8 Å². The van der Waals surface area contributed by atoms with Crippen LogP contribution < -0.4 is 0 Å². The highest BCUT2D eigenvalue weighted by molar-refractivity contribution is 7.99. The highest BCUT2D eigenvalue weighted by Gasteiger charge is 2.14. The Balaban J connectivity index is 2.47. The van der Waals surface area contributed by atoms with Gasteiger partial charge < -0.3 is 5.11 Å². The van der Waals surface area contributed by atoms with E-state index in [-0.39, 0.29) is 6.04 Å². The van der Waals surface area contributed by atoms with E-state index in [1.165, 1.54) is 0 Å². The first-order chi connectivity index (χ1) is 6.90. The van der Waals surface area contributed by atoms with Crippen LogP contribution in [0, 0.1) is 0 Å². The molecule has 1 heterocycles. The molecule has 1 aromatic heterocycles. The summed E-state index contributed by atoms with van der Waals surface area (Å²) in [7, 11) is 0. The molecule has 0 atom stereocenters. The number of thioether (sulfide) groups is 1. The molecule has 0 saturated heterocycles. The van der Waals surface area contributed by atoms with Gasteiger partial charge in [-0.3, -0.25) is 0 Å². The van der Waals surface area contributed by atoms with Crippen molar-refractivity contribution < 1.29 is 5.11 Å². The van der Waals surface area contributed by atoms with Crippen LogP contribution >= 0.6 is 11.8 Å². The zero-order valence-electron chi connectivity index (χ0n) is 9.64. The van der Waals surface area contributed by atoms with Crippen LogP contribution in [0.2, 0.25) is 0 Å². The molecule has 1 rings (SSSR count). The highest BCUT2D eigenvalue weighted by atomic mass is 32.2. The molecule has 0 saturated carbocycles. The monoisotopic (exact) mass is 230 g/mol. The Hall–Kier alpha value is -0.620. The van der Waals surface area contributed by atoms with Crippen LogP contribution in [0.25, 0.3) is 0 Å². The number of aliphatic hydroxyl groups is 1. The van der Waals surface area contributed by atoms with Gasteiger partial charge in [-0.1, -0.05) is 11.8 Å². The standard InChI is InChI=1S/C9H18N4OS/c1-7(2)13-8(10-11-12-13)15-6-5-9(3,4)14/h7,14H,5-6H2,1-4H3. The largest absolute Gasteiger partial charge is 0.390 e. The number of aromatic nitrogens is 4. The normalized spacial score (nSPS) is 12.4. The van der Waals surface area contributed by atoms with Crippen molar-refractivity contribution in [3.8, 4) is 0 Å². The van der Waals surface area contributed by atoms with Crippen molar-refractivity contribution in [2.75, 3.05) is 5.75 Å². The fourth-order valence-electron chi connectivity index (χ4n) is 0.997. The van der Waals surface area contributed by atoms with Crippen LogP contribution in [-0.4, -0.2) is 36.7 Å². The maximum absolute atomic E-state index is 9.55. The van der Waals surface area contributed by atoms with E-state index in [0.29, 0.717) is 0 Å². The molecule has 0 bridgehead atoms. The van der Waals surface area contributed by atoms with Crippen molar-refractivity contribution in [3.63, 3.8) is 0 Å². The van der Waals surface area contributed by atoms with Gasteiger partial charge in [-0.25, -0.2) is 4.68 Å². The third-order valence-electron chi connectivity index (χ3n) is 1.90. The van der Waals surface area contributed by atoms with Crippen molar-refractivity contribution in [2.45, 2.75) is 50.9 Å². The molecular formula is C9H18N4OS. The fourth-order valence-corrected chi connectivity index (χ4v) is 2.25. The molecule has 0 unspecified atom stereocenters. The van der Waals surface area contributed by atoms with E-state index in [2.05, 4.69) is 15.5 Å². The number of rotatable bonds is 5. The van der Waals surface area contributed by atoms with E-state index in [4.69, 9.17) is 0 Å². The topological polar surface area (TPSA) is 63.8 Å². The molecule has 86 valence electrons. The first-order valence-corrected chi connectivity index (χ1v) is 6.02. The maximum atomic E-state index is 9.55. The smallest absolute Gasteiger partial charge is 0.209 e. The average molecular weight is 230 g/mol. The van der Waals surface area contributed by atoms with Crippen molar-refractivity contribution in [3.05, 3.63) is 0 Å². The molecule has 0 aliphatic heterocycles. The van der Waals surface area contributed by atoms with Gasteiger partial charge in [-0.05, 0) is 44.5 Å². The second kappa shape index (κ2) is 4.94. The molecule has 0 aliphatic carbocycles. The SMILES string of the molecule is CC(C)n1nnnc1SCCC(C)(C)O. The predicted molar refractivity (Wildman–Crippen MR) is 59.8 cm³/mol. The molecule has 5 nitrogen and oxygen atoms in total. The van der Waals surface area contributed by atoms with Gasteiger partial charge in [0, 0.05) is 5.75 Å². The summed E-state index contributed by atoms with van der Waals surface area (Å²) >= 11 is 1.58. The Morgan fingerprint density at radius 2 is 2.13 bits per heavy atom. The second-order valence-electron chi connectivity index (χ2n) is 4.41. The fraction of sp³-hybridized carbons (Fsp3) is 0.889. The average Bonchev–Trinajstić information content (AvgIpc) is 2.49. The second-order valence-corrected chi connectivity index (χ2v) is 5.47. The lowest BCUT2D eigenvalue weighted by atomic mass is 10.1. The third kappa shape index (κ3) is 4.17. The highest BCUT2D eigenvalue weighted by Crippen LogP contribution is 2.20. The van der Waals surface area contributed by atoms with Gasteiger partial charge in [0.2, 0.25) is 5.16 Å². The lowest BCUT2D eigenvalue weighted by Gasteiger charge is -2.16. The summed E-state index contributed by atoms with van der Waals surface area (Å²) in [5, 5.41) is 21.8. The Labute approximate surface area is 94.3 Å². The molecule has 0 amide bonds. The molecule has 0 spiro atoms. The van der Waals surface area contributed by atoms with Crippen LogP contribution in [0.1, 0.15) is 40.2 Å². The number of hydrogen-bond acceptors (Lipinski definition) is 5. The lowest BCUT2D eigenvalue weighted by molar-refractivity contribution is 0.0777. The van der Waals surface area contributed by atoms with Crippen molar-refractivity contribution in [1.29, 1.82) is 0 Å².